The molecule has 0 unspecified atom stereocenters. The van der Waals surface area contributed by atoms with Gasteiger partial charge in [0, 0.05) is 19.1 Å². The van der Waals surface area contributed by atoms with Crippen molar-refractivity contribution in [2.24, 2.45) is 5.92 Å². The Morgan fingerprint density at radius 3 is 2.39 bits per heavy atom. The summed E-state index contributed by atoms with van der Waals surface area (Å²) in [6.45, 7) is 1.93. The molecule has 106 valence electrons. The first-order valence-electron chi connectivity index (χ1n) is 6.01. The Balaban J connectivity index is 2.58. The van der Waals surface area contributed by atoms with E-state index in [1.54, 1.807) is 6.92 Å². The van der Waals surface area contributed by atoms with Gasteiger partial charge < -0.3 is 10.2 Å². The van der Waals surface area contributed by atoms with Crippen LogP contribution in [0.25, 0.3) is 0 Å². The van der Waals surface area contributed by atoms with Crippen LogP contribution in [0.15, 0.2) is 0 Å². The van der Waals surface area contributed by atoms with E-state index in [4.69, 9.17) is 10.2 Å². The van der Waals surface area contributed by atoms with Crippen molar-refractivity contribution < 1.29 is 23.4 Å². The molecule has 0 amide bonds. The van der Waals surface area contributed by atoms with Gasteiger partial charge in [0.15, 0.2) is 0 Å². The quantitative estimate of drug-likeness (QED) is 0.601. The average molecular weight is 280 g/mol. The normalized spacial score (nSPS) is 20.8. The van der Waals surface area contributed by atoms with Gasteiger partial charge in [-0.1, -0.05) is 6.92 Å². The first-order valence-corrected chi connectivity index (χ1v) is 7.45. The molecule has 0 aromatic carbocycles. The summed E-state index contributed by atoms with van der Waals surface area (Å²) in [7, 11) is -3.63. The monoisotopic (exact) mass is 280 g/mol. The fraction of sp³-hybridized carbons (Fsp3) is 0.900. The number of hydrogen-bond donors (Lipinski definition) is 3. The number of aliphatic hydroxyl groups excluding tert-OH is 1. The maximum atomic E-state index is 11.9. The van der Waals surface area contributed by atoms with Crippen molar-refractivity contribution in [3.8, 4) is 0 Å². The largest absolute Gasteiger partial charge is 0.481 e. The van der Waals surface area contributed by atoms with Gasteiger partial charge in [-0.2, -0.15) is 17.4 Å². The van der Waals surface area contributed by atoms with Crippen LogP contribution >= 0.6 is 0 Å². The van der Waals surface area contributed by atoms with E-state index in [9.17, 15) is 13.2 Å². The van der Waals surface area contributed by atoms with Crippen LogP contribution in [0.3, 0.4) is 0 Å². The lowest BCUT2D eigenvalue weighted by molar-refractivity contribution is -0.142. The number of carboxylic acids is 1. The fourth-order valence-corrected chi connectivity index (χ4v) is 3.38. The molecule has 0 saturated carbocycles. The van der Waals surface area contributed by atoms with Crippen molar-refractivity contribution in [3.05, 3.63) is 0 Å². The Morgan fingerprint density at radius 2 is 2.00 bits per heavy atom. The zero-order valence-corrected chi connectivity index (χ0v) is 11.2. The Labute approximate surface area is 107 Å². The number of carbonyl (C=O) groups is 1. The summed E-state index contributed by atoms with van der Waals surface area (Å²) in [5.74, 6) is -1.34. The summed E-state index contributed by atoms with van der Waals surface area (Å²) < 4.78 is 27.5. The number of nitrogens with zero attached hydrogens (tertiary/aromatic N) is 1. The molecule has 1 aliphatic heterocycles. The van der Waals surface area contributed by atoms with Crippen molar-refractivity contribution in [2.75, 3.05) is 19.7 Å². The summed E-state index contributed by atoms with van der Waals surface area (Å²) in [6, 6.07) is -0.493. The summed E-state index contributed by atoms with van der Waals surface area (Å²) in [4.78, 5) is 10.8. The molecule has 1 aliphatic rings. The predicted molar refractivity (Wildman–Crippen MR) is 65.2 cm³/mol. The van der Waals surface area contributed by atoms with Crippen LogP contribution in [0.1, 0.15) is 26.2 Å². The highest BCUT2D eigenvalue weighted by molar-refractivity contribution is 7.87. The van der Waals surface area contributed by atoms with Crippen molar-refractivity contribution in [1.82, 2.24) is 9.03 Å². The van der Waals surface area contributed by atoms with E-state index in [0.717, 1.165) is 0 Å². The summed E-state index contributed by atoms with van der Waals surface area (Å²) >= 11 is 0. The average Bonchev–Trinajstić information content (AvgIpc) is 2.36. The van der Waals surface area contributed by atoms with Crippen molar-refractivity contribution in [1.29, 1.82) is 0 Å². The second-order valence-corrected chi connectivity index (χ2v) is 6.12. The number of rotatable bonds is 6. The third-order valence-corrected chi connectivity index (χ3v) is 4.85. The topological polar surface area (TPSA) is 107 Å². The third-order valence-electron chi connectivity index (χ3n) is 3.17. The van der Waals surface area contributed by atoms with Gasteiger partial charge in [-0.25, -0.2) is 0 Å². The van der Waals surface area contributed by atoms with Crippen molar-refractivity contribution in [2.45, 2.75) is 32.2 Å². The van der Waals surface area contributed by atoms with Crippen LogP contribution in [-0.2, 0) is 15.0 Å². The van der Waals surface area contributed by atoms with Crippen molar-refractivity contribution in [3.63, 3.8) is 0 Å². The molecule has 3 N–H and O–H groups in total. The summed E-state index contributed by atoms with van der Waals surface area (Å²) in [5.41, 5.74) is 0. The van der Waals surface area contributed by atoms with E-state index in [1.165, 1.54) is 4.31 Å². The van der Waals surface area contributed by atoms with E-state index in [1.807, 2.05) is 0 Å². The third kappa shape index (κ3) is 3.91. The van der Waals surface area contributed by atoms with Crippen molar-refractivity contribution >= 4 is 16.2 Å². The lowest BCUT2D eigenvalue weighted by atomic mass is 9.99. The molecule has 8 heteroatoms. The number of piperidine rings is 1. The summed E-state index contributed by atoms with van der Waals surface area (Å²) in [5, 5.41) is 17.8. The molecule has 1 rings (SSSR count). The Bertz CT molecular complexity index is 372. The highest BCUT2D eigenvalue weighted by atomic mass is 32.2. The minimum atomic E-state index is -3.63. The second-order valence-electron chi connectivity index (χ2n) is 4.42. The molecule has 1 saturated heterocycles. The maximum absolute atomic E-state index is 11.9. The van der Waals surface area contributed by atoms with Gasteiger partial charge in [-0.05, 0) is 19.3 Å². The van der Waals surface area contributed by atoms with Crippen LogP contribution in [0.2, 0.25) is 0 Å². The molecule has 18 heavy (non-hydrogen) atoms. The SMILES string of the molecule is CC[C@@H](CO)NS(=O)(=O)N1CCC(C(=O)O)CC1. The van der Waals surface area contributed by atoms with E-state index in [2.05, 4.69) is 4.72 Å². The fourth-order valence-electron chi connectivity index (χ4n) is 1.88. The van der Waals surface area contributed by atoms with Gasteiger partial charge in [0.1, 0.15) is 0 Å². The molecule has 0 radical (unpaired) electrons. The molecule has 1 atom stereocenters. The number of nitrogens with one attached hydrogen (secondary N) is 1. The van der Waals surface area contributed by atoms with Crippen LogP contribution in [0.4, 0.5) is 0 Å². The Kier molecular flexibility index (Phi) is 5.51. The molecule has 0 aromatic rings. The van der Waals surface area contributed by atoms with Gasteiger partial charge in [0.25, 0.3) is 10.2 Å². The molecular formula is C10H20N2O5S. The zero-order valence-electron chi connectivity index (χ0n) is 10.4. The molecule has 0 spiro atoms. The lowest BCUT2D eigenvalue weighted by Gasteiger charge is -2.30. The van der Waals surface area contributed by atoms with Crippen LogP contribution < -0.4 is 4.72 Å². The van der Waals surface area contributed by atoms with Gasteiger partial charge in [0.05, 0.1) is 12.5 Å². The smallest absolute Gasteiger partial charge is 0.306 e. The highest BCUT2D eigenvalue weighted by Gasteiger charge is 2.31. The van der Waals surface area contributed by atoms with Gasteiger partial charge in [-0.3, -0.25) is 4.79 Å². The first kappa shape index (κ1) is 15.4. The molecule has 0 aliphatic carbocycles. The van der Waals surface area contributed by atoms with E-state index >= 15 is 0 Å². The second kappa shape index (κ2) is 6.46. The molecule has 1 fully saturated rings. The van der Waals surface area contributed by atoms with Gasteiger partial charge in [-0.15, -0.1) is 0 Å². The number of aliphatic hydroxyl groups is 1. The number of carboxylic acid groups (broad SMARTS) is 1. The molecular weight excluding hydrogens is 260 g/mol. The van der Waals surface area contributed by atoms with Crippen LogP contribution in [-0.4, -0.2) is 54.6 Å². The number of hydrogen-bond acceptors (Lipinski definition) is 4. The molecule has 0 aromatic heterocycles. The van der Waals surface area contributed by atoms with Gasteiger partial charge in [0.2, 0.25) is 0 Å². The minimum Gasteiger partial charge on any atom is -0.481 e. The van der Waals surface area contributed by atoms with Gasteiger partial charge >= 0.3 is 5.97 Å². The lowest BCUT2D eigenvalue weighted by Crippen LogP contribution is -2.49. The minimum absolute atomic E-state index is 0.203. The standard InChI is InChI=1S/C10H20N2O5S/c1-2-9(7-13)11-18(16,17)12-5-3-8(4-6-12)10(14)15/h8-9,11,13H,2-7H2,1H3,(H,14,15)/t9-/m0/s1. The summed E-state index contributed by atoms with van der Waals surface area (Å²) in [6.07, 6.45) is 1.15. The van der Waals surface area contributed by atoms with E-state index in [-0.39, 0.29) is 19.7 Å². The van der Waals surface area contributed by atoms with E-state index < -0.39 is 28.1 Å². The molecule has 7 nitrogen and oxygen atoms in total. The zero-order chi connectivity index (χ0) is 13.8. The van der Waals surface area contributed by atoms with E-state index in [0.29, 0.717) is 19.3 Å². The molecule has 1 heterocycles. The number of aliphatic carboxylic acids is 1. The van der Waals surface area contributed by atoms with Crippen LogP contribution in [0.5, 0.6) is 0 Å². The Morgan fingerprint density at radius 1 is 1.44 bits per heavy atom. The highest BCUT2D eigenvalue weighted by Crippen LogP contribution is 2.19. The first-order chi connectivity index (χ1) is 8.40. The maximum Gasteiger partial charge on any atom is 0.306 e. The molecule has 0 bridgehead atoms. The van der Waals surface area contributed by atoms with Crippen LogP contribution in [0, 0.1) is 5.92 Å². The predicted octanol–water partition coefficient (Wildman–Crippen LogP) is -0.612. The Hall–Kier alpha value is -0.700.